The van der Waals surface area contributed by atoms with Gasteiger partial charge in [-0.2, -0.15) is 0 Å². The number of benzene rings is 13. The van der Waals surface area contributed by atoms with Gasteiger partial charge in [0.1, 0.15) is 11.5 Å². The summed E-state index contributed by atoms with van der Waals surface area (Å²) >= 11 is 3.43. The molecule has 3 aliphatic rings. The van der Waals surface area contributed by atoms with Crippen LogP contribution in [0.2, 0.25) is 0 Å². The van der Waals surface area contributed by atoms with Gasteiger partial charge in [-0.3, -0.25) is 0 Å². The van der Waals surface area contributed by atoms with Crippen molar-refractivity contribution in [2.45, 2.75) is 159 Å². The van der Waals surface area contributed by atoms with Crippen molar-refractivity contribution < 1.29 is 88.9 Å². The van der Waals surface area contributed by atoms with E-state index in [4.69, 9.17) is 88.9 Å². The van der Waals surface area contributed by atoms with E-state index in [9.17, 15) is 0 Å². The van der Waals surface area contributed by atoms with E-state index in [2.05, 4.69) is 265 Å². The van der Waals surface area contributed by atoms with Gasteiger partial charge in [0.15, 0.2) is 0 Å². The second kappa shape index (κ2) is 71.0. The number of hydrogen-bond acceptors (Lipinski definition) is 21. The van der Waals surface area contributed by atoms with Crippen molar-refractivity contribution in [3.63, 3.8) is 0 Å². The first-order valence-electron chi connectivity index (χ1n) is 50.8. The molecule has 3 aliphatic heterocycles. The summed E-state index contributed by atoms with van der Waals surface area (Å²) < 4.78 is 96.6. The van der Waals surface area contributed by atoms with Gasteiger partial charge in [0.2, 0.25) is 0 Å². The van der Waals surface area contributed by atoms with Gasteiger partial charge in [0.05, 0.1) is 13.2 Å². The van der Waals surface area contributed by atoms with Crippen LogP contribution in [0.5, 0.6) is 11.5 Å². The van der Waals surface area contributed by atoms with Gasteiger partial charge in [-0.1, -0.05) is 370 Å². The number of aryl methyl sites for hydroxylation is 9. The first-order valence-corrected chi connectivity index (χ1v) is 53.3. The van der Waals surface area contributed by atoms with Gasteiger partial charge in [-0.05, 0) is 224 Å². The third kappa shape index (κ3) is 46.1. The van der Waals surface area contributed by atoms with E-state index >= 15 is 0 Å². The lowest BCUT2D eigenvalue weighted by Crippen LogP contribution is -2.61. The smallest absolute Gasteiger partial charge is 0.522 e. The Morgan fingerprint density at radius 2 is 0.500 bits per heavy atom. The van der Waals surface area contributed by atoms with Gasteiger partial charge >= 0.3 is 78.3 Å². The van der Waals surface area contributed by atoms with Crippen LogP contribution in [0.1, 0.15) is 137 Å². The topological polar surface area (TPSA) is 197 Å². The monoisotopic (exact) mass is 2010 g/mol. The van der Waals surface area contributed by atoms with Crippen molar-refractivity contribution in [1.82, 2.24) is 0 Å². The van der Waals surface area contributed by atoms with Crippen molar-refractivity contribution in [2.24, 2.45) is 0 Å². The number of rotatable bonds is 37. The summed E-state index contributed by atoms with van der Waals surface area (Å²) in [4.78, 5) is 2.42. The van der Waals surface area contributed by atoms with Crippen molar-refractivity contribution in [3.8, 4) is 11.5 Å². The van der Waals surface area contributed by atoms with Crippen LogP contribution in [0.15, 0.2) is 337 Å². The van der Waals surface area contributed by atoms with Crippen LogP contribution in [0, 0.1) is 62.3 Å². The first kappa shape index (κ1) is 121. The van der Waals surface area contributed by atoms with Crippen LogP contribution in [0.25, 0.3) is 0 Å². The molecule has 2 N–H and O–H groups in total. The van der Waals surface area contributed by atoms with Crippen LogP contribution >= 0.6 is 23.5 Å². The Morgan fingerprint density at radius 1 is 0.260 bits per heavy atom. The lowest BCUT2D eigenvalue weighted by atomic mass is 9.61. The molecule has 0 atom stereocenters. The molecule has 13 aromatic rings. The van der Waals surface area contributed by atoms with Crippen LogP contribution < -0.4 is 69.4 Å². The normalized spacial score (nSPS) is 12.2. The Hall–Kier alpha value is -9.81. The van der Waals surface area contributed by atoms with Crippen molar-refractivity contribution in [2.75, 3.05) is 92.8 Å². The Morgan fingerprint density at radius 3 is 0.760 bits per heavy atom. The van der Waals surface area contributed by atoms with E-state index in [0.29, 0.717) is 31.9 Å². The fourth-order valence-corrected chi connectivity index (χ4v) is 14.9. The minimum absolute atomic E-state index is 0.134. The average molecular weight is 2000 g/mol. The maximum atomic E-state index is 8.67. The molecule has 16 rings (SSSR count). The number of thioether (sulfide) groups is 2. The fraction of sp³-hybridized carbons (Fsp3) is 0.316. The molecule has 0 saturated carbocycles. The van der Waals surface area contributed by atoms with Crippen LogP contribution in [-0.4, -0.2) is 181 Å². The van der Waals surface area contributed by atoms with Crippen LogP contribution in [-0.2, 0) is 69.6 Å². The molecule has 3 heterocycles. The van der Waals surface area contributed by atoms with Crippen LogP contribution in [0.4, 0.5) is 0 Å². The molecule has 0 radical (unpaired) electrons. The summed E-state index contributed by atoms with van der Waals surface area (Å²) in [6, 6.07) is 109. The van der Waals surface area contributed by atoms with E-state index in [1.54, 1.807) is 49.9 Å². The molecule has 3 saturated heterocycles. The summed E-state index contributed by atoms with van der Waals surface area (Å²) in [5.41, 5.74) is 22.1. The summed E-state index contributed by atoms with van der Waals surface area (Å²) in [6.45, 7) is 38.4. The lowest BCUT2D eigenvalue weighted by molar-refractivity contribution is 0.143. The standard InChI is InChI=1S/C21H21B3O3S2.C19H17BO2.C15H25BO2.C13H21BO2.C11H17BO2.C10H13BO2.C9H11BO2.C9H13BO2.C7H9BO2/c1-16-4-6-17(7-5-16)22-25-23(18-8-12-20(28-2)13-9-18)27-24(26-22)19-10-14-21(29-3)15-11-19;1-16-12-14-17(15-13-16)20(21-18-8-4-2-5-9-18)22-19-10-6-3-7-11-19;1-4-6-12-17-16(18-13-7-5-2)15-10-8-14(3)9-11-15;1-4-10-15-14(16-11-5-2)13-8-6-12(3)7-9-13;1-4-13-12(14-5-2)11-8-6-10(3)7-9-11;1-9-3-5-10(6-4-9)11-12-7-2-8-13-11;1-8-2-4-9(5-3-8)10-11-6-7-12-10;1-8-4-6-9(7-5-8)10(11-2)12-3;1-6-2-4-7(5-3-6)8(9)10/h4-15H,1-3H3;2-15H,1H3;8-11H,4-7,12-13H2,1-3H3;6-9H,4-5,10-11H2,1-3H3;6-9H,4-5H2,1-3H3;3-6H,2,7-8H2,1H3;2-5H,6-7H2,1H3;4-7H,1-3H3;2-5,9-10H,1H3. The highest BCUT2D eigenvalue weighted by atomic mass is 32.2. The molecular formula is C114H147B11O19S2. The molecule has 13 aromatic carbocycles. The Bertz CT molecular complexity index is 5380. The van der Waals surface area contributed by atoms with Crippen molar-refractivity contribution in [1.29, 1.82) is 0 Å². The van der Waals surface area contributed by atoms with Gasteiger partial charge < -0.3 is 88.9 Å². The molecule has 0 aliphatic carbocycles. The Kier molecular flexibility index (Phi) is 59.0. The maximum absolute atomic E-state index is 8.67. The second-order valence-corrected chi connectivity index (χ2v) is 36.9. The van der Waals surface area contributed by atoms with E-state index in [0.717, 1.165) is 156 Å². The zero-order valence-electron chi connectivity index (χ0n) is 89.2. The van der Waals surface area contributed by atoms with Gasteiger partial charge in [-0.25, -0.2) is 0 Å². The van der Waals surface area contributed by atoms with Crippen LogP contribution in [0.3, 0.4) is 0 Å². The third-order valence-electron chi connectivity index (χ3n) is 22.7. The number of hydrogen-bond donors (Lipinski definition) is 2. The maximum Gasteiger partial charge on any atom is 0.632 e. The highest BCUT2D eigenvalue weighted by Crippen LogP contribution is 2.20. The quantitative estimate of drug-likeness (QED) is 0.0212. The zero-order chi connectivity index (χ0) is 105. The molecular weight excluding hydrogens is 1860 g/mol. The van der Waals surface area contributed by atoms with E-state index in [1.807, 2.05) is 166 Å². The first-order chi connectivity index (χ1) is 71.0. The predicted molar refractivity (Wildman–Crippen MR) is 618 cm³/mol. The minimum atomic E-state index is -1.35. The van der Waals surface area contributed by atoms with E-state index in [1.165, 1.54) is 54.3 Å². The molecule has 0 unspecified atom stereocenters. The SMILES string of the molecule is CCCCOB(OCCCC)c1ccc(C)cc1.CCCOB(OCCC)c1ccc(C)cc1.CCOB(OCC)c1ccc(C)cc1.COB(OC)c1ccc(C)cc1.CSc1ccc(B2OB(c3ccc(C)cc3)OB(c3ccc(SC)cc3)O2)cc1.Cc1ccc(B(O)O)cc1.Cc1ccc(B(Oc2ccccc2)Oc2ccccc2)cc1.Cc1ccc(B2OCCCO2)cc1.Cc1ccc(B2OCCO2)cc1. The summed E-state index contributed by atoms with van der Waals surface area (Å²) in [5.74, 6) is 1.56. The highest BCUT2D eigenvalue weighted by Gasteiger charge is 2.44. The number of para-hydroxylation sites is 2. The predicted octanol–water partition coefficient (Wildman–Crippen LogP) is 17.0. The summed E-state index contributed by atoms with van der Waals surface area (Å²) in [7, 11) is -1.22. The second-order valence-electron chi connectivity index (χ2n) is 35.1. The fourth-order valence-electron chi connectivity index (χ4n) is 14.1. The summed E-state index contributed by atoms with van der Waals surface area (Å²) in [5, 5.41) is 17.3. The number of unbranched alkanes of at least 4 members (excludes halogenated alkanes) is 2. The van der Waals surface area contributed by atoms with Gasteiger partial charge in [0.25, 0.3) is 0 Å². The highest BCUT2D eigenvalue weighted by molar-refractivity contribution is 7.98. The minimum Gasteiger partial charge on any atom is -0.522 e. The largest absolute Gasteiger partial charge is 0.632 e. The lowest BCUT2D eigenvalue weighted by Gasteiger charge is -2.31. The van der Waals surface area contributed by atoms with Gasteiger partial charge in [-0.15, -0.1) is 23.5 Å². The molecule has 146 heavy (non-hydrogen) atoms. The molecule has 0 amide bonds. The third-order valence-corrected chi connectivity index (χ3v) is 24.1. The molecule has 762 valence electrons. The summed E-state index contributed by atoms with van der Waals surface area (Å²) in [6.07, 6.45) is 11.6. The van der Waals surface area contributed by atoms with E-state index < -0.39 is 35.6 Å². The average Bonchev–Trinajstić information content (AvgIpc) is 0.801. The van der Waals surface area contributed by atoms with Crippen molar-refractivity contribution >= 4 is 162 Å². The molecule has 0 spiro atoms. The van der Waals surface area contributed by atoms with Crippen molar-refractivity contribution in [3.05, 3.63) is 378 Å². The molecule has 0 bridgehead atoms. The molecule has 0 aromatic heterocycles. The van der Waals surface area contributed by atoms with E-state index in [-0.39, 0.29) is 42.7 Å². The molecule has 3 fully saturated rings. The molecule has 19 nitrogen and oxygen atoms in total. The van der Waals surface area contributed by atoms with Gasteiger partial charge in [0, 0.05) is 82.3 Å². The Labute approximate surface area is 885 Å². The Balaban J connectivity index is 0.000000204. The molecule has 32 heteroatoms. The zero-order valence-corrected chi connectivity index (χ0v) is 90.8.